The fraction of sp³-hybridized carbons (Fsp3) is 0.348. The predicted molar refractivity (Wildman–Crippen MR) is 302 cm³/mol. The van der Waals surface area contributed by atoms with Gasteiger partial charge in [-0.1, -0.05) is 196 Å². The quantitative estimate of drug-likeness (QED) is 0.144. The summed E-state index contributed by atoms with van der Waals surface area (Å²) in [5.74, 6) is 2.49. The average Bonchev–Trinajstić information content (AvgIpc) is 3.90. The number of hydrogen-bond acceptors (Lipinski definition) is 4. The number of pyridine rings is 1. The monoisotopic (exact) mass is 941 g/mol. The van der Waals surface area contributed by atoms with Gasteiger partial charge in [0.25, 0.3) is 0 Å². The van der Waals surface area contributed by atoms with Crippen molar-refractivity contribution in [3.63, 3.8) is 0 Å². The van der Waals surface area contributed by atoms with Gasteiger partial charge in [0.15, 0.2) is 0 Å². The fourth-order valence-corrected chi connectivity index (χ4v) is 10.6. The topological polar surface area (TPSA) is 33.5 Å². The molecular formula is C66H76N4O. The molecule has 0 unspecified atom stereocenters. The molecule has 0 bridgehead atoms. The van der Waals surface area contributed by atoms with Gasteiger partial charge < -0.3 is 14.5 Å². The molecule has 0 amide bonds. The van der Waals surface area contributed by atoms with Crippen molar-refractivity contribution in [1.29, 1.82) is 0 Å². The Bertz CT molecular complexity index is 3220. The lowest BCUT2D eigenvalue weighted by molar-refractivity contribution is 0.444. The van der Waals surface area contributed by atoms with Crippen LogP contribution in [0.2, 0.25) is 0 Å². The Morgan fingerprint density at radius 3 is 1.41 bits per heavy atom. The van der Waals surface area contributed by atoms with Gasteiger partial charge in [-0.3, -0.25) is 4.57 Å². The lowest BCUT2D eigenvalue weighted by Gasteiger charge is -2.36. The summed E-state index contributed by atoms with van der Waals surface area (Å²) in [6.45, 7) is 38.0. The molecule has 6 aromatic carbocycles. The van der Waals surface area contributed by atoms with E-state index in [0.717, 1.165) is 34.0 Å². The minimum absolute atomic E-state index is 0.0197. The van der Waals surface area contributed by atoms with Crippen LogP contribution in [0.25, 0.3) is 27.6 Å². The van der Waals surface area contributed by atoms with E-state index < -0.39 is 0 Å². The average molecular weight is 941 g/mol. The van der Waals surface area contributed by atoms with Crippen LogP contribution in [0.15, 0.2) is 169 Å². The van der Waals surface area contributed by atoms with Crippen molar-refractivity contribution in [3.05, 3.63) is 203 Å². The summed E-state index contributed by atoms with van der Waals surface area (Å²) in [5.41, 5.74) is 13.7. The molecule has 0 saturated heterocycles. The van der Waals surface area contributed by atoms with Crippen molar-refractivity contribution >= 4 is 33.2 Å². The molecule has 1 aliphatic heterocycles. The van der Waals surface area contributed by atoms with E-state index in [0.29, 0.717) is 6.67 Å². The summed E-state index contributed by atoms with van der Waals surface area (Å²) in [7, 11) is 0. The van der Waals surface area contributed by atoms with E-state index in [1.165, 1.54) is 61.2 Å². The Morgan fingerprint density at radius 1 is 0.380 bits per heavy atom. The number of fused-ring (bicyclic) bond motifs is 3. The van der Waals surface area contributed by atoms with Crippen LogP contribution in [0.1, 0.15) is 144 Å². The molecule has 0 atom stereocenters. The van der Waals surface area contributed by atoms with E-state index in [2.05, 4.69) is 277 Å². The normalized spacial score (nSPS) is 14.3. The first-order valence-electron chi connectivity index (χ1n) is 25.6. The van der Waals surface area contributed by atoms with Gasteiger partial charge in [0.05, 0.1) is 17.7 Å². The predicted octanol–water partition coefficient (Wildman–Crippen LogP) is 17.8. The number of aromatic nitrogens is 2. The Labute approximate surface area is 425 Å². The van der Waals surface area contributed by atoms with E-state index >= 15 is 0 Å². The summed E-state index contributed by atoms with van der Waals surface area (Å²) >= 11 is 0. The molecule has 2 aromatic heterocycles. The first kappa shape index (κ1) is 49.4. The number of anilines is 2. The van der Waals surface area contributed by atoms with Crippen LogP contribution in [-0.2, 0) is 21.7 Å². The molecule has 9 rings (SSSR count). The highest BCUT2D eigenvalue weighted by Gasteiger charge is 2.43. The summed E-state index contributed by atoms with van der Waals surface area (Å²) in [6, 6.07) is 55.8. The highest BCUT2D eigenvalue weighted by molar-refractivity contribution is 6.09. The molecule has 8 aromatic rings. The summed E-state index contributed by atoms with van der Waals surface area (Å²) in [5, 5.41) is 2.35. The molecule has 0 saturated carbocycles. The minimum Gasteiger partial charge on any atom is -0.457 e. The maximum Gasteiger partial charge on any atom is 0.137 e. The van der Waals surface area contributed by atoms with Crippen molar-refractivity contribution in [2.45, 2.75) is 132 Å². The van der Waals surface area contributed by atoms with E-state index in [-0.39, 0.29) is 32.5 Å². The zero-order valence-electron chi connectivity index (χ0n) is 45.4. The van der Waals surface area contributed by atoms with Crippen molar-refractivity contribution in [2.24, 2.45) is 10.8 Å². The molecule has 5 heteroatoms. The maximum absolute atomic E-state index is 7.11. The van der Waals surface area contributed by atoms with Crippen molar-refractivity contribution in [1.82, 2.24) is 9.55 Å². The van der Waals surface area contributed by atoms with Gasteiger partial charge in [0.2, 0.25) is 0 Å². The zero-order valence-corrected chi connectivity index (χ0v) is 45.4. The van der Waals surface area contributed by atoms with Gasteiger partial charge in [0.1, 0.15) is 17.3 Å². The second-order valence-electron chi connectivity index (χ2n) is 25.2. The van der Waals surface area contributed by atoms with E-state index in [4.69, 9.17) is 9.72 Å². The summed E-state index contributed by atoms with van der Waals surface area (Å²) in [6.07, 6.45) is 1.94. The minimum atomic E-state index is -0.256. The molecule has 5 nitrogen and oxygen atoms in total. The number of ether oxygens (including phenoxy) is 1. The van der Waals surface area contributed by atoms with Gasteiger partial charge >= 0.3 is 0 Å². The van der Waals surface area contributed by atoms with Crippen LogP contribution in [-0.4, -0.2) is 16.2 Å². The summed E-state index contributed by atoms with van der Waals surface area (Å²) in [4.78, 5) is 10.1. The second-order valence-corrected chi connectivity index (χ2v) is 25.2. The van der Waals surface area contributed by atoms with E-state index in [9.17, 15) is 0 Å². The van der Waals surface area contributed by atoms with E-state index in [1.807, 2.05) is 6.20 Å². The molecule has 0 fully saturated rings. The van der Waals surface area contributed by atoms with Crippen LogP contribution in [0.5, 0.6) is 11.5 Å². The van der Waals surface area contributed by atoms with Crippen molar-refractivity contribution < 1.29 is 4.74 Å². The highest BCUT2D eigenvalue weighted by Crippen LogP contribution is 2.51. The number of para-hydroxylation sites is 1. The molecule has 0 radical (unpaired) electrons. The van der Waals surface area contributed by atoms with Gasteiger partial charge in [-0.05, 0) is 98.8 Å². The Hall–Kier alpha value is -6.59. The maximum atomic E-state index is 7.11. The SMILES string of the molecule is CC(C)(C)C1=C(C(C)(C)C)N(c2cc(C(C)(C)c3ccccc3)cc(C(C)(C)c3ccccc3)c2)CN1c1cc(Oc2ccc3c4ccccc4n(-c4cc(C(C)(C)C)ccn4)c3c2)cc(C(C)(C)C)c1. The molecule has 71 heavy (non-hydrogen) atoms. The van der Waals surface area contributed by atoms with Crippen LogP contribution in [0.4, 0.5) is 11.4 Å². The molecule has 1 aliphatic rings. The first-order valence-corrected chi connectivity index (χ1v) is 25.6. The van der Waals surface area contributed by atoms with Crippen molar-refractivity contribution in [3.8, 4) is 17.3 Å². The number of rotatable bonds is 9. The van der Waals surface area contributed by atoms with Gasteiger partial charge in [0, 0.05) is 73.5 Å². The molecule has 3 heterocycles. The second kappa shape index (κ2) is 17.6. The van der Waals surface area contributed by atoms with Crippen LogP contribution < -0.4 is 14.5 Å². The van der Waals surface area contributed by atoms with E-state index in [1.54, 1.807) is 0 Å². The molecule has 0 aliphatic carbocycles. The third-order valence-corrected chi connectivity index (χ3v) is 14.9. The van der Waals surface area contributed by atoms with Crippen LogP contribution >= 0.6 is 0 Å². The van der Waals surface area contributed by atoms with Crippen LogP contribution in [0.3, 0.4) is 0 Å². The summed E-state index contributed by atoms with van der Waals surface area (Å²) < 4.78 is 9.41. The smallest absolute Gasteiger partial charge is 0.137 e. The number of nitrogens with zero attached hydrogens (tertiary/aromatic N) is 4. The first-order chi connectivity index (χ1) is 33.2. The highest BCUT2D eigenvalue weighted by atomic mass is 16.5. The number of benzene rings is 6. The molecular weight excluding hydrogens is 865 g/mol. The lowest BCUT2D eigenvalue weighted by Crippen LogP contribution is -2.32. The standard InChI is InChI=1S/C66H76N4O/c1-61(2,3)46-33-34-67-58(40-46)70-56-30-24-23-29-54(56)55-32-31-52(42-57(55)70)71-53-39-47(62(4,5)6)36-51(41-53)69-43-68(59(63(7,8)9)60(69)64(10,11)12)50-37-48(65(13,14)44-25-19-17-20-26-44)35-49(38-50)66(15,16)45-27-21-18-22-28-45/h17-42H,43H2,1-16H3. The van der Waals surface area contributed by atoms with Crippen molar-refractivity contribution in [2.75, 3.05) is 16.5 Å². The fourth-order valence-electron chi connectivity index (χ4n) is 10.6. The number of hydrogen-bond donors (Lipinski definition) is 0. The third kappa shape index (κ3) is 9.41. The number of allylic oxidation sites excluding steroid dienone is 2. The molecule has 366 valence electrons. The Morgan fingerprint density at radius 2 is 0.873 bits per heavy atom. The van der Waals surface area contributed by atoms with Gasteiger partial charge in [-0.2, -0.15) is 0 Å². The van der Waals surface area contributed by atoms with Crippen LogP contribution in [0, 0.1) is 10.8 Å². The Balaban J connectivity index is 1.20. The molecule has 0 spiro atoms. The molecule has 0 N–H and O–H groups in total. The lowest BCUT2D eigenvalue weighted by atomic mass is 9.73. The Kier molecular flexibility index (Phi) is 12.3. The van der Waals surface area contributed by atoms with Gasteiger partial charge in [-0.15, -0.1) is 0 Å². The third-order valence-electron chi connectivity index (χ3n) is 14.9. The van der Waals surface area contributed by atoms with Gasteiger partial charge in [-0.25, -0.2) is 4.98 Å². The largest absolute Gasteiger partial charge is 0.457 e. The zero-order chi connectivity index (χ0) is 51.1.